The fraction of sp³-hybridized carbons (Fsp3) is 0.500. The predicted octanol–water partition coefficient (Wildman–Crippen LogP) is 3.07. The third-order valence-corrected chi connectivity index (χ3v) is 4.52. The fourth-order valence-electron chi connectivity index (χ4n) is 2.24. The van der Waals surface area contributed by atoms with Crippen molar-refractivity contribution in [1.29, 1.82) is 0 Å². The highest BCUT2D eigenvalue weighted by atomic mass is 32.1. The Hall–Kier alpha value is -1.13. The smallest absolute Gasteiger partial charge is 0.0885 e. The lowest BCUT2D eigenvalue weighted by molar-refractivity contribution is 0.171. The monoisotopic (exact) mass is 264 g/mol. The molecule has 0 fully saturated rings. The van der Waals surface area contributed by atoms with E-state index in [-0.39, 0.29) is 6.10 Å². The van der Waals surface area contributed by atoms with Crippen molar-refractivity contribution < 1.29 is 5.11 Å². The maximum atomic E-state index is 10.2. The quantitative estimate of drug-likeness (QED) is 0.921. The van der Waals surface area contributed by atoms with E-state index < -0.39 is 0 Å². The van der Waals surface area contributed by atoms with Gasteiger partial charge in [-0.2, -0.15) is 5.10 Å². The van der Waals surface area contributed by atoms with E-state index in [0.29, 0.717) is 0 Å². The van der Waals surface area contributed by atoms with Crippen molar-refractivity contribution in [3.63, 3.8) is 0 Å². The second kappa shape index (κ2) is 5.24. The predicted molar refractivity (Wildman–Crippen MR) is 75.0 cm³/mol. The zero-order valence-electron chi connectivity index (χ0n) is 11.4. The molecule has 1 N–H and O–H groups in total. The summed E-state index contributed by atoms with van der Waals surface area (Å²) < 4.78 is 1.91. The molecule has 0 saturated heterocycles. The van der Waals surface area contributed by atoms with Gasteiger partial charge in [-0.05, 0) is 51.3 Å². The second-order valence-electron chi connectivity index (χ2n) is 4.78. The average molecular weight is 264 g/mol. The third kappa shape index (κ3) is 2.65. The summed E-state index contributed by atoms with van der Waals surface area (Å²) in [5.74, 6) is 0. The van der Waals surface area contributed by atoms with Gasteiger partial charge in [0.15, 0.2) is 0 Å². The van der Waals surface area contributed by atoms with Crippen LogP contribution in [0.2, 0.25) is 0 Å². The molecule has 0 amide bonds. The zero-order chi connectivity index (χ0) is 13.3. The minimum atomic E-state index is -0.359. The van der Waals surface area contributed by atoms with Crippen molar-refractivity contribution >= 4 is 11.3 Å². The van der Waals surface area contributed by atoms with E-state index in [4.69, 9.17) is 0 Å². The van der Waals surface area contributed by atoms with Crippen LogP contribution in [0.1, 0.15) is 39.2 Å². The summed E-state index contributed by atoms with van der Waals surface area (Å²) in [5.41, 5.74) is 3.54. The number of aliphatic hydroxyl groups excluding tert-OH is 1. The molecule has 0 spiro atoms. The standard InChI is InChI=1S/C14H20N2OS/c1-9-5-8-14(18-9)13(17)7-6-12-10(2)15-16(4)11(12)3/h5,8,13,17H,6-7H2,1-4H3. The normalized spacial score (nSPS) is 12.9. The van der Waals surface area contributed by atoms with Crippen LogP contribution in [0.25, 0.3) is 0 Å². The summed E-state index contributed by atoms with van der Waals surface area (Å²) in [6.07, 6.45) is 1.28. The fourth-order valence-corrected chi connectivity index (χ4v) is 3.13. The van der Waals surface area contributed by atoms with Crippen LogP contribution >= 0.6 is 11.3 Å². The molecule has 0 bridgehead atoms. The van der Waals surface area contributed by atoms with Crippen molar-refractivity contribution in [2.24, 2.45) is 7.05 Å². The van der Waals surface area contributed by atoms with Crippen molar-refractivity contribution in [2.75, 3.05) is 0 Å². The summed E-state index contributed by atoms with van der Waals surface area (Å²) in [5, 5.41) is 14.6. The van der Waals surface area contributed by atoms with Gasteiger partial charge in [0.05, 0.1) is 11.8 Å². The number of aryl methyl sites for hydroxylation is 3. The summed E-state index contributed by atoms with van der Waals surface area (Å²) in [4.78, 5) is 2.31. The molecule has 3 nitrogen and oxygen atoms in total. The first-order chi connectivity index (χ1) is 8.49. The highest BCUT2D eigenvalue weighted by Gasteiger charge is 2.14. The number of rotatable bonds is 4. The summed E-state index contributed by atoms with van der Waals surface area (Å²) >= 11 is 1.67. The molecule has 2 heterocycles. The lowest BCUT2D eigenvalue weighted by Crippen LogP contribution is -1.99. The van der Waals surface area contributed by atoms with Gasteiger partial charge in [-0.25, -0.2) is 0 Å². The van der Waals surface area contributed by atoms with Gasteiger partial charge in [-0.1, -0.05) is 0 Å². The van der Waals surface area contributed by atoms with Gasteiger partial charge in [0.1, 0.15) is 0 Å². The lowest BCUT2D eigenvalue weighted by Gasteiger charge is -2.08. The highest BCUT2D eigenvalue weighted by molar-refractivity contribution is 7.12. The molecule has 0 aliphatic heterocycles. The first-order valence-electron chi connectivity index (χ1n) is 6.22. The Bertz CT molecular complexity index is 542. The van der Waals surface area contributed by atoms with Crippen LogP contribution in [-0.4, -0.2) is 14.9 Å². The van der Waals surface area contributed by atoms with E-state index >= 15 is 0 Å². The van der Waals surface area contributed by atoms with Crippen LogP contribution < -0.4 is 0 Å². The largest absolute Gasteiger partial charge is 0.388 e. The Morgan fingerprint density at radius 1 is 1.33 bits per heavy atom. The molecule has 2 rings (SSSR count). The van der Waals surface area contributed by atoms with Gasteiger partial charge in [0, 0.05) is 22.5 Å². The van der Waals surface area contributed by atoms with E-state index in [1.165, 1.54) is 16.1 Å². The van der Waals surface area contributed by atoms with Crippen molar-refractivity contribution in [1.82, 2.24) is 9.78 Å². The first-order valence-corrected chi connectivity index (χ1v) is 7.04. The van der Waals surface area contributed by atoms with E-state index in [0.717, 1.165) is 23.4 Å². The van der Waals surface area contributed by atoms with Crippen LogP contribution in [0, 0.1) is 20.8 Å². The van der Waals surface area contributed by atoms with Crippen LogP contribution in [0.15, 0.2) is 12.1 Å². The SMILES string of the molecule is Cc1ccc(C(O)CCc2c(C)nn(C)c2C)s1. The number of aliphatic hydroxyl groups is 1. The van der Waals surface area contributed by atoms with Crippen molar-refractivity contribution in [3.8, 4) is 0 Å². The van der Waals surface area contributed by atoms with Gasteiger partial charge in [-0.15, -0.1) is 11.3 Å². The number of hydrogen-bond donors (Lipinski definition) is 1. The summed E-state index contributed by atoms with van der Waals surface area (Å²) in [6.45, 7) is 6.18. The summed E-state index contributed by atoms with van der Waals surface area (Å²) in [6, 6.07) is 4.08. The number of thiophene rings is 1. The van der Waals surface area contributed by atoms with E-state index in [2.05, 4.69) is 25.0 Å². The lowest BCUT2D eigenvalue weighted by atomic mass is 10.0. The summed E-state index contributed by atoms with van der Waals surface area (Å²) in [7, 11) is 1.96. The Labute approximate surface area is 112 Å². The zero-order valence-corrected chi connectivity index (χ0v) is 12.2. The average Bonchev–Trinajstić information content (AvgIpc) is 2.83. The Morgan fingerprint density at radius 3 is 2.56 bits per heavy atom. The minimum Gasteiger partial charge on any atom is -0.388 e. The van der Waals surface area contributed by atoms with Crippen molar-refractivity contribution in [2.45, 2.75) is 39.7 Å². The van der Waals surface area contributed by atoms with Crippen LogP contribution in [0.3, 0.4) is 0 Å². The number of hydrogen-bond acceptors (Lipinski definition) is 3. The molecule has 1 unspecified atom stereocenters. The van der Waals surface area contributed by atoms with Gasteiger partial charge < -0.3 is 5.11 Å². The van der Waals surface area contributed by atoms with Gasteiger partial charge >= 0.3 is 0 Å². The molecular weight excluding hydrogens is 244 g/mol. The topological polar surface area (TPSA) is 38.1 Å². The molecular formula is C14H20N2OS. The van der Waals surface area contributed by atoms with E-state index in [9.17, 15) is 5.11 Å². The first kappa shape index (κ1) is 13.3. The molecule has 0 aromatic carbocycles. The van der Waals surface area contributed by atoms with Gasteiger partial charge in [0.2, 0.25) is 0 Å². The second-order valence-corrected chi connectivity index (χ2v) is 6.10. The number of aromatic nitrogens is 2. The Morgan fingerprint density at radius 2 is 2.06 bits per heavy atom. The number of nitrogens with zero attached hydrogens (tertiary/aromatic N) is 2. The Balaban J connectivity index is 2.03. The van der Waals surface area contributed by atoms with Crippen LogP contribution in [0.4, 0.5) is 0 Å². The molecule has 98 valence electrons. The molecule has 2 aromatic heterocycles. The molecule has 2 aromatic rings. The van der Waals surface area contributed by atoms with Crippen LogP contribution in [-0.2, 0) is 13.5 Å². The van der Waals surface area contributed by atoms with E-state index in [1.54, 1.807) is 11.3 Å². The molecule has 4 heteroatoms. The molecule has 0 aliphatic rings. The Kier molecular flexibility index (Phi) is 3.88. The molecule has 18 heavy (non-hydrogen) atoms. The molecule has 0 aliphatic carbocycles. The molecule has 0 radical (unpaired) electrons. The van der Waals surface area contributed by atoms with Gasteiger partial charge in [-0.3, -0.25) is 4.68 Å². The minimum absolute atomic E-state index is 0.359. The molecule has 1 atom stereocenters. The maximum absolute atomic E-state index is 10.2. The van der Waals surface area contributed by atoms with E-state index in [1.807, 2.05) is 24.7 Å². The third-order valence-electron chi connectivity index (χ3n) is 3.42. The maximum Gasteiger partial charge on any atom is 0.0885 e. The molecule has 0 saturated carbocycles. The highest BCUT2D eigenvalue weighted by Crippen LogP contribution is 2.27. The van der Waals surface area contributed by atoms with Crippen molar-refractivity contribution in [3.05, 3.63) is 38.8 Å². The van der Waals surface area contributed by atoms with Crippen LogP contribution in [0.5, 0.6) is 0 Å². The van der Waals surface area contributed by atoms with Gasteiger partial charge in [0.25, 0.3) is 0 Å².